The van der Waals surface area contributed by atoms with Crippen LogP contribution in [-0.2, 0) is 19.2 Å². The smallest absolute Gasteiger partial charge is 0.447 e. The molecule has 2 N–H and O–H groups in total. The maximum absolute atomic E-state index is 11.1. The molecule has 98 valence electrons. The largest absolute Gasteiger partial charge is 0.462 e. The monoisotopic (exact) mass is 257 g/mol. The summed E-state index contributed by atoms with van der Waals surface area (Å²) in [6.07, 6.45) is 1.18. The lowest BCUT2D eigenvalue weighted by Gasteiger charge is -2.20. The predicted molar refractivity (Wildman–Crippen MR) is 55.7 cm³/mol. The number of carbonyl (C=O) groups excluding carboxylic acids is 3. The van der Waals surface area contributed by atoms with E-state index in [0.29, 0.717) is 11.5 Å². The molecule has 9 nitrogen and oxygen atoms in total. The van der Waals surface area contributed by atoms with Crippen molar-refractivity contribution in [2.75, 3.05) is 19.7 Å². The van der Waals surface area contributed by atoms with Crippen molar-refractivity contribution in [2.24, 2.45) is 0 Å². The van der Waals surface area contributed by atoms with Crippen LogP contribution in [0.2, 0.25) is 0 Å². The first-order valence-electron chi connectivity index (χ1n) is 4.93. The normalized spacial score (nSPS) is 14.1. The average Bonchev–Trinajstić information content (AvgIpc) is 2.64. The quantitative estimate of drug-likeness (QED) is 0.325. The molecule has 9 heteroatoms. The summed E-state index contributed by atoms with van der Waals surface area (Å²) in [6.45, 7) is -0.467. The molecule has 0 radical (unpaired) electrons. The van der Waals surface area contributed by atoms with E-state index in [2.05, 4.69) is 10.3 Å². The summed E-state index contributed by atoms with van der Waals surface area (Å²) in [5.74, 6) is -0.921. The molecule has 3 amide bonds. The van der Waals surface area contributed by atoms with Gasteiger partial charge in [0.1, 0.15) is 12.9 Å². The van der Waals surface area contributed by atoms with Crippen molar-refractivity contribution in [1.29, 1.82) is 0 Å². The molecule has 1 rings (SSSR count). The van der Waals surface area contributed by atoms with Crippen molar-refractivity contribution in [3.8, 4) is 0 Å². The summed E-state index contributed by atoms with van der Waals surface area (Å²) in [5.41, 5.74) is 2.30. The molecule has 0 bridgehead atoms. The predicted octanol–water partition coefficient (Wildman–Crippen LogP) is -1.47. The molecule has 0 atom stereocenters. The Kier molecular flexibility index (Phi) is 4.96. The highest BCUT2D eigenvalue weighted by molar-refractivity contribution is 6.12. The number of carbonyl (C=O) groups is 4. The molecule has 18 heavy (non-hydrogen) atoms. The van der Waals surface area contributed by atoms with E-state index in [1.54, 1.807) is 0 Å². The van der Waals surface area contributed by atoms with Gasteiger partial charge in [-0.25, -0.2) is 15.1 Å². The van der Waals surface area contributed by atoms with E-state index in [0.717, 1.165) is 17.1 Å². The lowest BCUT2D eigenvalue weighted by molar-refractivity contribution is -0.167. The van der Waals surface area contributed by atoms with E-state index in [-0.39, 0.29) is 13.1 Å². The van der Waals surface area contributed by atoms with Crippen molar-refractivity contribution in [3.05, 3.63) is 12.2 Å². The van der Waals surface area contributed by atoms with Crippen LogP contribution >= 0.6 is 0 Å². The van der Waals surface area contributed by atoms with Gasteiger partial charge in [-0.05, 0) is 0 Å². The maximum Gasteiger partial charge on any atom is 0.447 e. The van der Waals surface area contributed by atoms with Gasteiger partial charge in [0.15, 0.2) is 0 Å². The lowest BCUT2D eigenvalue weighted by atomic mass is 10.5. The first-order chi connectivity index (χ1) is 8.56. The van der Waals surface area contributed by atoms with Crippen LogP contribution in [0.5, 0.6) is 0 Å². The molecule has 0 saturated carbocycles. The van der Waals surface area contributed by atoms with Crippen LogP contribution in [0.15, 0.2) is 12.2 Å². The molecule has 0 aromatic rings. The van der Waals surface area contributed by atoms with Gasteiger partial charge in [-0.1, -0.05) is 0 Å². The zero-order chi connectivity index (χ0) is 13.5. The summed E-state index contributed by atoms with van der Waals surface area (Å²) in [6, 6.07) is 0. The molecule has 1 aliphatic rings. The van der Waals surface area contributed by atoms with Gasteiger partial charge in [0, 0.05) is 25.2 Å². The number of hydrogen-bond donors (Lipinski definition) is 2. The molecule has 0 unspecified atom stereocenters. The van der Waals surface area contributed by atoms with Crippen molar-refractivity contribution in [3.63, 3.8) is 0 Å². The summed E-state index contributed by atoms with van der Waals surface area (Å²) in [4.78, 5) is 48.4. The van der Waals surface area contributed by atoms with E-state index < -0.39 is 24.5 Å². The zero-order valence-electron chi connectivity index (χ0n) is 9.24. The van der Waals surface area contributed by atoms with E-state index in [1.165, 1.54) is 0 Å². The molecule has 1 heterocycles. The van der Waals surface area contributed by atoms with Crippen LogP contribution in [0.25, 0.3) is 0 Å². The molecule has 0 aromatic carbocycles. The first kappa shape index (κ1) is 13.8. The minimum absolute atomic E-state index is 0.0150. The van der Waals surface area contributed by atoms with Gasteiger partial charge in [-0.3, -0.25) is 14.5 Å². The van der Waals surface area contributed by atoms with Crippen molar-refractivity contribution in [1.82, 2.24) is 15.5 Å². The number of hydrogen-bond acceptors (Lipinski definition) is 6. The van der Waals surface area contributed by atoms with Crippen LogP contribution < -0.4 is 5.43 Å². The highest BCUT2D eigenvalue weighted by Crippen LogP contribution is 2.01. The van der Waals surface area contributed by atoms with Crippen LogP contribution in [0.1, 0.15) is 0 Å². The minimum atomic E-state index is -1.45. The van der Waals surface area contributed by atoms with Gasteiger partial charge in [0.2, 0.25) is 0 Å². The van der Waals surface area contributed by atoms with Gasteiger partial charge in [-0.2, -0.15) is 0 Å². The Morgan fingerprint density at radius 3 is 2.56 bits per heavy atom. The van der Waals surface area contributed by atoms with Gasteiger partial charge in [-0.15, -0.1) is 5.17 Å². The van der Waals surface area contributed by atoms with Crippen LogP contribution in [0.4, 0.5) is 4.79 Å². The van der Waals surface area contributed by atoms with E-state index in [9.17, 15) is 19.2 Å². The molecule has 0 spiro atoms. The molecule has 0 aromatic heterocycles. The third-order valence-corrected chi connectivity index (χ3v) is 1.94. The molecule has 1 aliphatic heterocycles. The number of amides is 3. The summed E-state index contributed by atoms with van der Waals surface area (Å²) in [5, 5.41) is 9.00. The second-order valence-corrected chi connectivity index (χ2v) is 3.11. The second kappa shape index (κ2) is 6.47. The standard InChI is InChI=1S/C9H11N3O6/c13-5-6-18-12(9(16)17)10-3-4-11-7(14)1-2-8(11)15/h1-2,5,10H,3-4,6H2,(H,16,17). The number of imide groups is 1. The van der Waals surface area contributed by atoms with Crippen molar-refractivity contribution in [2.45, 2.75) is 0 Å². The van der Waals surface area contributed by atoms with Gasteiger partial charge < -0.3 is 9.90 Å². The van der Waals surface area contributed by atoms with Crippen molar-refractivity contribution >= 4 is 24.2 Å². The third kappa shape index (κ3) is 3.64. The minimum Gasteiger partial charge on any atom is -0.462 e. The van der Waals surface area contributed by atoms with E-state index in [4.69, 9.17) is 5.11 Å². The fourth-order valence-electron chi connectivity index (χ4n) is 1.19. The Balaban J connectivity index is 2.34. The number of aldehydes is 1. The highest BCUT2D eigenvalue weighted by Gasteiger charge is 2.23. The Labute approximate surface area is 102 Å². The lowest BCUT2D eigenvalue weighted by Crippen LogP contribution is -2.46. The number of hydroxylamine groups is 1. The SMILES string of the molecule is O=CCON(NCCN1C(=O)C=CC1=O)C(=O)O. The average molecular weight is 257 g/mol. The molecular formula is C9H11N3O6. The summed E-state index contributed by atoms with van der Waals surface area (Å²) in [7, 11) is 0. The Morgan fingerprint density at radius 2 is 2.06 bits per heavy atom. The molecule has 0 fully saturated rings. The van der Waals surface area contributed by atoms with Gasteiger partial charge in [0.25, 0.3) is 11.8 Å². The highest BCUT2D eigenvalue weighted by atomic mass is 16.7. The summed E-state index contributed by atoms with van der Waals surface area (Å²) >= 11 is 0. The zero-order valence-corrected chi connectivity index (χ0v) is 9.24. The number of hydrazine groups is 1. The molecule has 0 saturated heterocycles. The number of rotatable bonds is 7. The van der Waals surface area contributed by atoms with E-state index in [1.807, 2.05) is 0 Å². The number of nitrogens with one attached hydrogen (secondary N) is 1. The van der Waals surface area contributed by atoms with Crippen molar-refractivity contribution < 1.29 is 29.1 Å². The molecular weight excluding hydrogens is 246 g/mol. The first-order valence-corrected chi connectivity index (χ1v) is 4.93. The Hall–Kier alpha value is -2.26. The van der Waals surface area contributed by atoms with Gasteiger partial charge >= 0.3 is 6.09 Å². The Morgan fingerprint density at radius 1 is 1.44 bits per heavy atom. The fourth-order valence-corrected chi connectivity index (χ4v) is 1.19. The number of nitrogens with zero attached hydrogens (tertiary/aromatic N) is 2. The maximum atomic E-state index is 11.1. The number of carboxylic acid groups (broad SMARTS) is 1. The van der Waals surface area contributed by atoms with Gasteiger partial charge in [0.05, 0.1) is 0 Å². The van der Waals surface area contributed by atoms with Crippen LogP contribution in [-0.4, -0.2) is 59.1 Å². The van der Waals surface area contributed by atoms with E-state index >= 15 is 0 Å². The Bertz CT molecular complexity index is 376. The second-order valence-electron chi connectivity index (χ2n) is 3.11. The molecule has 0 aliphatic carbocycles. The fraction of sp³-hybridized carbons (Fsp3) is 0.333. The van der Waals surface area contributed by atoms with Crippen LogP contribution in [0, 0.1) is 0 Å². The van der Waals surface area contributed by atoms with Crippen LogP contribution in [0.3, 0.4) is 0 Å². The topological polar surface area (TPSA) is 116 Å². The summed E-state index contributed by atoms with van der Waals surface area (Å²) < 4.78 is 0. The third-order valence-electron chi connectivity index (χ3n) is 1.94.